The lowest BCUT2D eigenvalue weighted by Gasteiger charge is -2.28. The van der Waals surface area contributed by atoms with Gasteiger partial charge >= 0.3 is 6.03 Å². The van der Waals surface area contributed by atoms with Crippen LogP contribution in [0.1, 0.15) is 12.1 Å². The van der Waals surface area contributed by atoms with Gasteiger partial charge in [-0.2, -0.15) is 0 Å². The number of anilines is 1. The molecule has 10 heteroatoms. The van der Waals surface area contributed by atoms with Gasteiger partial charge in [0.25, 0.3) is 0 Å². The van der Waals surface area contributed by atoms with Gasteiger partial charge in [0.15, 0.2) is 0 Å². The molecule has 8 nitrogen and oxygen atoms in total. The van der Waals surface area contributed by atoms with Crippen LogP contribution in [0.15, 0.2) is 36.5 Å². The summed E-state index contributed by atoms with van der Waals surface area (Å²) in [4.78, 5) is 29.3. The number of rotatable bonds is 12. The maximum atomic E-state index is 13.2. The number of nitrogens with zero attached hydrogens (tertiary/aromatic N) is 3. The number of halogens is 2. The van der Waals surface area contributed by atoms with Gasteiger partial charge in [-0.1, -0.05) is 29.3 Å². The number of benzene rings is 1. The molecule has 1 N–H and O–H groups in total. The number of aromatic nitrogens is 1. The number of ether oxygens (including phenoxy) is 2. The fourth-order valence-electron chi connectivity index (χ4n) is 3.06. The first kappa shape index (κ1) is 26.0. The summed E-state index contributed by atoms with van der Waals surface area (Å²) >= 11 is 12.2. The Kier molecular flexibility index (Phi) is 10.8. The number of methoxy groups -OCH3 is 2. The molecule has 0 aliphatic carbocycles. The number of hydrogen-bond acceptors (Lipinski definition) is 4. The lowest BCUT2D eigenvalue weighted by atomic mass is 10.3. The highest BCUT2D eigenvalue weighted by molar-refractivity contribution is 6.43. The summed E-state index contributed by atoms with van der Waals surface area (Å²) in [6.45, 7) is 1.93. The van der Waals surface area contributed by atoms with Gasteiger partial charge in [0.1, 0.15) is 6.54 Å². The molecule has 176 valence electrons. The molecule has 1 aromatic carbocycles. The molecule has 0 radical (unpaired) electrons. The van der Waals surface area contributed by atoms with Gasteiger partial charge in [-0.3, -0.25) is 4.79 Å². The van der Waals surface area contributed by atoms with Crippen molar-refractivity contribution >= 4 is 40.8 Å². The van der Waals surface area contributed by atoms with Gasteiger partial charge in [0.2, 0.25) is 5.91 Å². The lowest BCUT2D eigenvalue weighted by molar-refractivity contribution is -0.133. The molecule has 0 bridgehead atoms. The summed E-state index contributed by atoms with van der Waals surface area (Å²) in [6, 6.07) is 8.42. The van der Waals surface area contributed by atoms with Gasteiger partial charge < -0.3 is 29.2 Å². The monoisotopic (exact) mass is 484 g/mol. The SMILES string of the molecule is COCCCN(CC(=O)N(CCOC)Cc1cccn1C)C(=O)Nc1cccc(Cl)c1Cl. The van der Waals surface area contributed by atoms with E-state index in [9.17, 15) is 9.59 Å². The number of nitrogens with one attached hydrogen (secondary N) is 1. The Labute approximate surface area is 199 Å². The number of carbonyl (C=O) groups excluding carboxylic acids is 2. The largest absolute Gasteiger partial charge is 0.385 e. The first-order valence-electron chi connectivity index (χ1n) is 10.2. The van der Waals surface area contributed by atoms with Crippen molar-refractivity contribution < 1.29 is 19.1 Å². The van der Waals surface area contributed by atoms with Crippen LogP contribution in [-0.4, -0.2) is 73.4 Å². The van der Waals surface area contributed by atoms with Crippen molar-refractivity contribution in [2.24, 2.45) is 7.05 Å². The van der Waals surface area contributed by atoms with E-state index in [1.807, 2.05) is 29.9 Å². The average molecular weight is 485 g/mol. The summed E-state index contributed by atoms with van der Waals surface area (Å²) < 4.78 is 12.2. The standard InChI is InChI=1S/C22H30Cl2N4O4/c1-26-10-5-7-17(26)15-27(12-14-32-3)20(29)16-28(11-6-13-31-2)22(30)25-19-9-4-8-18(23)21(19)24/h4-5,7-10H,6,11-16H2,1-3H3,(H,25,30). The van der Waals surface area contributed by atoms with Crippen LogP contribution < -0.4 is 5.32 Å². The predicted octanol–water partition coefficient (Wildman–Crippen LogP) is 3.88. The summed E-state index contributed by atoms with van der Waals surface area (Å²) in [5, 5.41) is 3.33. The molecule has 0 saturated heterocycles. The molecule has 1 heterocycles. The number of aryl methyl sites for hydroxylation is 1. The number of carbonyl (C=O) groups is 2. The van der Waals surface area contributed by atoms with Crippen LogP contribution in [0.25, 0.3) is 0 Å². The number of hydrogen-bond donors (Lipinski definition) is 1. The molecule has 0 aliphatic rings. The van der Waals surface area contributed by atoms with Crippen molar-refractivity contribution in [1.82, 2.24) is 14.4 Å². The van der Waals surface area contributed by atoms with Crippen LogP contribution in [-0.2, 0) is 27.9 Å². The van der Waals surface area contributed by atoms with E-state index in [0.717, 1.165) is 5.69 Å². The molecular weight excluding hydrogens is 455 g/mol. The molecule has 0 fully saturated rings. The molecule has 0 aliphatic heterocycles. The van der Waals surface area contributed by atoms with Crippen LogP contribution in [0.5, 0.6) is 0 Å². The molecular formula is C22H30Cl2N4O4. The Hall–Kier alpha value is -2.26. The molecule has 0 unspecified atom stereocenters. The van der Waals surface area contributed by atoms with Crippen LogP contribution in [0.4, 0.5) is 10.5 Å². The molecule has 3 amide bonds. The zero-order valence-electron chi connectivity index (χ0n) is 18.6. The summed E-state index contributed by atoms with van der Waals surface area (Å²) in [5.41, 5.74) is 1.36. The smallest absolute Gasteiger partial charge is 0.322 e. The van der Waals surface area contributed by atoms with Gasteiger partial charge in [-0.15, -0.1) is 0 Å². The normalized spacial score (nSPS) is 10.8. The quantitative estimate of drug-likeness (QED) is 0.463. The van der Waals surface area contributed by atoms with E-state index in [4.69, 9.17) is 32.7 Å². The third-order valence-corrected chi connectivity index (χ3v) is 5.72. The fraction of sp³-hybridized carbons (Fsp3) is 0.455. The van der Waals surface area contributed by atoms with Gasteiger partial charge in [-0.25, -0.2) is 4.79 Å². The van der Waals surface area contributed by atoms with Crippen LogP contribution in [0.3, 0.4) is 0 Å². The maximum Gasteiger partial charge on any atom is 0.322 e. The Morgan fingerprint density at radius 3 is 2.44 bits per heavy atom. The van der Waals surface area contributed by atoms with E-state index >= 15 is 0 Å². The number of amides is 3. The first-order valence-corrected chi connectivity index (χ1v) is 11.0. The number of urea groups is 1. The van der Waals surface area contributed by atoms with Gasteiger partial charge in [0.05, 0.1) is 28.9 Å². The van der Waals surface area contributed by atoms with Crippen LogP contribution in [0, 0.1) is 0 Å². The highest BCUT2D eigenvalue weighted by atomic mass is 35.5. The zero-order chi connectivity index (χ0) is 23.5. The molecule has 32 heavy (non-hydrogen) atoms. The van der Waals surface area contributed by atoms with Crippen molar-refractivity contribution in [1.29, 1.82) is 0 Å². The third-order valence-electron chi connectivity index (χ3n) is 4.91. The van der Waals surface area contributed by atoms with E-state index < -0.39 is 6.03 Å². The van der Waals surface area contributed by atoms with Crippen molar-refractivity contribution in [3.63, 3.8) is 0 Å². The molecule has 0 atom stereocenters. The van der Waals surface area contributed by atoms with Crippen LogP contribution in [0.2, 0.25) is 10.0 Å². The van der Waals surface area contributed by atoms with E-state index in [2.05, 4.69) is 5.32 Å². The van der Waals surface area contributed by atoms with Crippen molar-refractivity contribution in [2.45, 2.75) is 13.0 Å². The van der Waals surface area contributed by atoms with Crippen molar-refractivity contribution in [2.75, 3.05) is 52.4 Å². The van der Waals surface area contributed by atoms with E-state index in [1.165, 1.54) is 4.90 Å². The summed E-state index contributed by atoms with van der Waals surface area (Å²) in [5.74, 6) is -0.187. The molecule has 2 rings (SSSR count). The van der Waals surface area contributed by atoms with Crippen molar-refractivity contribution in [3.8, 4) is 0 Å². The third kappa shape index (κ3) is 7.70. The minimum absolute atomic E-state index is 0.0954. The second-order valence-corrected chi connectivity index (χ2v) is 8.00. The average Bonchev–Trinajstić information content (AvgIpc) is 3.17. The summed E-state index contributed by atoms with van der Waals surface area (Å²) in [7, 11) is 5.10. The lowest BCUT2D eigenvalue weighted by Crippen LogP contribution is -2.45. The second-order valence-electron chi connectivity index (χ2n) is 7.22. The Bertz CT molecular complexity index is 891. The highest BCUT2D eigenvalue weighted by Gasteiger charge is 2.22. The summed E-state index contributed by atoms with van der Waals surface area (Å²) in [6.07, 6.45) is 2.50. The molecule has 2 aromatic rings. The van der Waals surface area contributed by atoms with E-state index in [-0.39, 0.29) is 17.5 Å². The minimum Gasteiger partial charge on any atom is -0.385 e. The Morgan fingerprint density at radius 1 is 1.03 bits per heavy atom. The Morgan fingerprint density at radius 2 is 1.78 bits per heavy atom. The fourth-order valence-corrected chi connectivity index (χ4v) is 3.41. The van der Waals surface area contributed by atoms with E-state index in [0.29, 0.717) is 50.0 Å². The maximum absolute atomic E-state index is 13.2. The zero-order valence-corrected chi connectivity index (χ0v) is 20.2. The van der Waals surface area contributed by atoms with Crippen LogP contribution >= 0.6 is 23.2 Å². The molecule has 0 spiro atoms. The topological polar surface area (TPSA) is 76.0 Å². The second kappa shape index (κ2) is 13.3. The highest BCUT2D eigenvalue weighted by Crippen LogP contribution is 2.29. The first-order chi connectivity index (χ1) is 15.4. The van der Waals surface area contributed by atoms with Crippen molar-refractivity contribution in [3.05, 3.63) is 52.3 Å². The molecule has 0 saturated carbocycles. The Balaban J connectivity index is 2.14. The van der Waals surface area contributed by atoms with E-state index in [1.54, 1.807) is 37.3 Å². The predicted molar refractivity (Wildman–Crippen MR) is 126 cm³/mol. The van der Waals surface area contributed by atoms with Gasteiger partial charge in [0, 0.05) is 52.9 Å². The van der Waals surface area contributed by atoms with Gasteiger partial charge in [-0.05, 0) is 30.7 Å². The molecule has 1 aromatic heterocycles. The minimum atomic E-state index is -0.441.